The van der Waals surface area contributed by atoms with Crippen LogP contribution >= 0.6 is 11.6 Å². The summed E-state index contributed by atoms with van der Waals surface area (Å²) in [4.78, 5) is 44.7. The summed E-state index contributed by atoms with van der Waals surface area (Å²) in [6.07, 6.45) is 2.89. The Bertz CT molecular complexity index is 1350. The number of ether oxygens (including phenoxy) is 3. The number of carbonyl (C=O) groups excluding carboxylic acids is 3. The largest absolute Gasteiger partial charge is 0.492 e. The van der Waals surface area contributed by atoms with Crippen molar-refractivity contribution < 1.29 is 33.0 Å². The van der Waals surface area contributed by atoms with E-state index in [0.29, 0.717) is 5.69 Å². The van der Waals surface area contributed by atoms with Gasteiger partial charge in [-0.25, -0.2) is 9.18 Å². The van der Waals surface area contributed by atoms with Gasteiger partial charge in [-0.2, -0.15) is 0 Å². The van der Waals surface area contributed by atoms with Crippen LogP contribution in [-0.4, -0.2) is 55.4 Å². The Morgan fingerprint density at radius 2 is 1.68 bits per heavy atom. The molecule has 0 spiro atoms. The summed E-state index contributed by atoms with van der Waals surface area (Å²) in [6.45, 7) is 5.56. The second-order valence-electron chi connectivity index (χ2n) is 9.95. The molecule has 1 aromatic heterocycles. The number of para-hydroxylation sites is 1. The zero-order valence-corrected chi connectivity index (χ0v) is 24.2. The number of benzene rings is 2. The first-order chi connectivity index (χ1) is 19.5. The van der Waals surface area contributed by atoms with Crippen LogP contribution in [0, 0.1) is 5.82 Å². The van der Waals surface area contributed by atoms with Crippen LogP contribution in [-0.2, 0) is 14.3 Å². The fourth-order valence-electron chi connectivity index (χ4n) is 3.83. The van der Waals surface area contributed by atoms with E-state index in [2.05, 4.69) is 9.72 Å². The quantitative estimate of drug-likeness (QED) is 0.244. The number of hydrogen-bond donors (Lipinski definition) is 0. The number of methoxy groups -OCH3 is 1. The van der Waals surface area contributed by atoms with Crippen molar-refractivity contribution in [1.29, 1.82) is 0 Å². The summed E-state index contributed by atoms with van der Waals surface area (Å²) in [5.41, 5.74) is 0.0984. The summed E-state index contributed by atoms with van der Waals surface area (Å²) in [6, 6.07) is 13.7. The van der Waals surface area contributed by atoms with Crippen molar-refractivity contribution in [2.75, 3.05) is 36.6 Å². The van der Waals surface area contributed by atoms with Gasteiger partial charge in [0.05, 0.1) is 25.0 Å². The van der Waals surface area contributed by atoms with Crippen LogP contribution < -0.4 is 14.5 Å². The molecule has 3 rings (SSSR count). The molecule has 0 aliphatic rings. The molecule has 3 aromatic rings. The first-order valence-electron chi connectivity index (χ1n) is 13.0. The van der Waals surface area contributed by atoms with Crippen molar-refractivity contribution in [1.82, 2.24) is 4.98 Å². The molecule has 2 amide bonds. The number of nitrogens with zero attached hydrogens (tertiary/aromatic N) is 3. The zero-order valence-electron chi connectivity index (χ0n) is 23.4. The molecule has 0 atom stereocenters. The van der Waals surface area contributed by atoms with E-state index in [-0.39, 0.29) is 54.6 Å². The van der Waals surface area contributed by atoms with Crippen molar-refractivity contribution in [2.24, 2.45) is 0 Å². The lowest BCUT2D eigenvalue weighted by molar-refractivity contribution is -0.140. The SMILES string of the molecule is COC(=O)CCCN(C(=O)c1cc(Cl)cc(OCCN(C(=O)OC(C)(C)C)c2ccncc2)c1)c1ccccc1F. The number of aromatic nitrogens is 1. The van der Waals surface area contributed by atoms with Crippen LogP contribution in [0.4, 0.5) is 20.6 Å². The Balaban J connectivity index is 1.79. The van der Waals surface area contributed by atoms with E-state index >= 15 is 0 Å². The lowest BCUT2D eigenvalue weighted by Crippen LogP contribution is -2.39. The average molecular weight is 586 g/mol. The molecule has 41 heavy (non-hydrogen) atoms. The normalized spacial score (nSPS) is 11.0. The van der Waals surface area contributed by atoms with Gasteiger partial charge in [0.1, 0.15) is 23.8 Å². The van der Waals surface area contributed by atoms with E-state index in [4.69, 9.17) is 21.1 Å². The van der Waals surface area contributed by atoms with Crippen LogP contribution in [0.1, 0.15) is 44.0 Å². The molecular formula is C30H33ClFN3O6. The Hall–Kier alpha value is -4.18. The van der Waals surface area contributed by atoms with Gasteiger partial charge in [0.2, 0.25) is 0 Å². The van der Waals surface area contributed by atoms with E-state index in [9.17, 15) is 18.8 Å². The maximum Gasteiger partial charge on any atom is 0.414 e. The molecule has 0 radical (unpaired) electrons. The molecule has 0 aliphatic heterocycles. The number of rotatable bonds is 11. The van der Waals surface area contributed by atoms with Crippen molar-refractivity contribution in [3.05, 3.63) is 83.4 Å². The summed E-state index contributed by atoms with van der Waals surface area (Å²) in [5.74, 6) is -1.27. The molecule has 2 aromatic carbocycles. The van der Waals surface area contributed by atoms with Gasteiger partial charge in [-0.3, -0.25) is 19.5 Å². The van der Waals surface area contributed by atoms with Crippen LogP contribution in [0.25, 0.3) is 0 Å². The van der Waals surface area contributed by atoms with Crippen molar-refractivity contribution in [2.45, 2.75) is 39.2 Å². The molecule has 1 heterocycles. The van der Waals surface area contributed by atoms with Gasteiger partial charge in [0.25, 0.3) is 5.91 Å². The minimum absolute atomic E-state index is 0.0473. The number of amides is 2. The van der Waals surface area contributed by atoms with E-state index in [1.807, 2.05) is 0 Å². The highest BCUT2D eigenvalue weighted by Crippen LogP contribution is 2.26. The van der Waals surface area contributed by atoms with Gasteiger partial charge in [-0.1, -0.05) is 23.7 Å². The summed E-state index contributed by atoms with van der Waals surface area (Å²) < 4.78 is 30.8. The van der Waals surface area contributed by atoms with Gasteiger partial charge >= 0.3 is 12.1 Å². The third kappa shape index (κ3) is 9.46. The second kappa shape index (κ2) is 14.5. The van der Waals surface area contributed by atoms with Gasteiger partial charge in [-0.15, -0.1) is 0 Å². The molecule has 0 aliphatic carbocycles. The molecular weight excluding hydrogens is 553 g/mol. The van der Waals surface area contributed by atoms with Crippen molar-refractivity contribution in [3.8, 4) is 5.75 Å². The smallest absolute Gasteiger partial charge is 0.414 e. The Morgan fingerprint density at radius 3 is 2.34 bits per heavy atom. The number of esters is 1. The van der Waals surface area contributed by atoms with Gasteiger partial charge in [0, 0.05) is 35.9 Å². The fraction of sp³-hybridized carbons (Fsp3) is 0.333. The predicted octanol–water partition coefficient (Wildman–Crippen LogP) is 6.29. The van der Waals surface area contributed by atoms with E-state index in [1.165, 1.54) is 53.3 Å². The average Bonchev–Trinajstić information content (AvgIpc) is 2.92. The van der Waals surface area contributed by atoms with Crippen LogP contribution in [0.3, 0.4) is 0 Å². The van der Waals surface area contributed by atoms with E-state index < -0.39 is 29.4 Å². The summed E-state index contributed by atoms with van der Waals surface area (Å²) in [7, 11) is 1.28. The number of anilines is 2. The summed E-state index contributed by atoms with van der Waals surface area (Å²) >= 11 is 6.32. The van der Waals surface area contributed by atoms with Gasteiger partial charge in [-0.05, 0) is 69.7 Å². The Kier molecular flexibility index (Phi) is 11.0. The molecule has 0 saturated heterocycles. The lowest BCUT2D eigenvalue weighted by atomic mass is 10.1. The van der Waals surface area contributed by atoms with Crippen LogP contribution in [0.2, 0.25) is 5.02 Å². The maximum absolute atomic E-state index is 14.7. The molecule has 11 heteroatoms. The Labute approximate surface area is 243 Å². The lowest BCUT2D eigenvalue weighted by Gasteiger charge is -2.27. The number of halogens is 2. The zero-order chi connectivity index (χ0) is 30.0. The molecule has 0 unspecified atom stereocenters. The summed E-state index contributed by atoms with van der Waals surface area (Å²) in [5, 5.41) is 0.229. The van der Waals surface area contributed by atoms with Gasteiger partial charge < -0.3 is 19.1 Å². The molecule has 0 bridgehead atoms. The number of hydrogen-bond acceptors (Lipinski definition) is 7. The third-order valence-corrected chi connectivity index (χ3v) is 5.89. The third-order valence-electron chi connectivity index (χ3n) is 5.67. The number of carbonyl (C=O) groups is 3. The minimum atomic E-state index is -0.702. The predicted molar refractivity (Wildman–Crippen MR) is 154 cm³/mol. The van der Waals surface area contributed by atoms with E-state index in [1.54, 1.807) is 51.4 Å². The monoisotopic (exact) mass is 585 g/mol. The topological polar surface area (TPSA) is 98.3 Å². The minimum Gasteiger partial charge on any atom is -0.492 e. The highest BCUT2D eigenvalue weighted by atomic mass is 35.5. The first kappa shape index (κ1) is 31.3. The Morgan fingerprint density at radius 1 is 0.976 bits per heavy atom. The molecule has 0 fully saturated rings. The number of pyridine rings is 1. The van der Waals surface area contributed by atoms with Crippen LogP contribution in [0.5, 0.6) is 5.75 Å². The highest BCUT2D eigenvalue weighted by Gasteiger charge is 2.24. The fourth-order valence-corrected chi connectivity index (χ4v) is 4.06. The van der Waals surface area contributed by atoms with Gasteiger partial charge in [0.15, 0.2) is 0 Å². The molecule has 0 N–H and O–H groups in total. The van der Waals surface area contributed by atoms with Crippen molar-refractivity contribution >= 4 is 40.9 Å². The highest BCUT2D eigenvalue weighted by molar-refractivity contribution is 6.31. The van der Waals surface area contributed by atoms with Crippen LogP contribution in [0.15, 0.2) is 67.0 Å². The van der Waals surface area contributed by atoms with Crippen molar-refractivity contribution in [3.63, 3.8) is 0 Å². The molecule has 218 valence electrons. The second-order valence-corrected chi connectivity index (χ2v) is 10.4. The van der Waals surface area contributed by atoms with E-state index in [0.717, 1.165) is 0 Å². The standard InChI is InChI=1S/C30H33ClFN3O6/c1-30(2,3)41-29(38)34(23-11-13-33-14-12-23)16-17-40-24-19-21(18-22(31)20-24)28(37)35(15-7-10-27(36)39-4)26-9-6-5-8-25(26)32/h5-6,8-9,11-14,18-20H,7,10,15-17H2,1-4H3. The maximum atomic E-state index is 14.7. The first-order valence-corrected chi connectivity index (χ1v) is 13.3. The molecule has 9 nitrogen and oxygen atoms in total. The molecule has 0 saturated carbocycles.